The van der Waals surface area contributed by atoms with E-state index < -0.39 is 0 Å². The highest BCUT2D eigenvalue weighted by atomic mass is 35.5. The van der Waals surface area contributed by atoms with Crippen molar-refractivity contribution in [2.75, 3.05) is 0 Å². The van der Waals surface area contributed by atoms with Crippen LogP contribution in [0.2, 0.25) is 5.15 Å². The van der Waals surface area contributed by atoms with Gasteiger partial charge in [0.25, 0.3) is 0 Å². The van der Waals surface area contributed by atoms with Crippen molar-refractivity contribution < 1.29 is 5.11 Å². The van der Waals surface area contributed by atoms with Crippen LogP contribution in [-0.4, -0.2) is 15.1 Å². The lowest BCUT2D eigenvalue weighted by Gasteiger charge is -2.09. The molecule has 1 heterocycles. The standard InChI is InChI=1S/C15H15ClN2O/c1-8-6-10(7-9(2)13(8)19)15-17-12-5-3-4-11(12)14(16)18-15/h6-7,19H,3-5H2,1-2H3. The van der Waals surface area contributed by atoms with Gasteiger partial charge in [-0.3, -0.25) is 0 Å². The minimum absolute atomic E-state index is 0.330. The summed E-state index contributed by atoms with van der Waals surface area (Å²) in [5, 5.41) is 10.4. The number of hydrogen-bond donors (Lipinski definition) is 1. The van der Waals surface area contributed by atoms with Gasteiger partial charge in [-0.05, 0) is 56.4 Å². The molecule has 0 bridgehead atoms. The first-order valence-electron chi connectivity index (χ1n) is 6.42. The van der Waals surface area contributed by atoms with Crippen LogP contribution in [0.15, 0.2) is 12.1 Å². The highest BCUT2D eigenvalue weighted by Crippen LogP contribution is 2.31. The lowest BCUT2D eigenvalue weighted by molar-refractivity contribution is 0.467. The van der Waals surface area contributed by atoms with Gasteiger partial charge in [0, 0.05) is 16.8 Å². The molecule has 3 rings (SSSR count). The molecule has 19 heavy (non-hydrogen) atoms. The van der Waals surface area contributed by atoms with Crippen LogP contribution in [0.25, 0.3) is 11.4 Å². The van der Waals surface area contributed by atoms with Crippen LogP contribution in [0.1, 0.15) is 28.8 Å². The zero-order valence-corrected chi connectivity index (χ0v) is 11.8. The van der Waals surface area contributed by atoms with E-state index in [0.29, 0.717) is 16.7 Å². The number of aryl methyl sites for hydroxylation is 3. The van der Waals surface area contributed by atoms with E-state index in [4.69, 9.17) is 11.6 Å². The molecule has 0 aliphatic heterocycles. The Morgan fingerprint density at radius 3 is 2.47 bits per heavy atom. The van der Waals surface area contributed by atoms with Gasteiger partial charge in [0.05, 0.1) is 0 Å². The maximum absolute atomic E-state index is 9.82. The number of nitrogens with zero attached hydrogens (tertiary/aromatic N) is 2. The molecule has 0 spiro atoms. The Morgan fingerprint density at radius 2 is 1.79 bits per heavy atom. The zero-order valence-electron chi connectivity index (χ0n) is 11.0. The summed E-state index contributed by atoms with van der Waals surface area (Å²) in [6, 6.07) is 3.80. The molecule has 0 unspecified atom stereocenters. The Morgan fingerprint density at radius 1 is 1.11 bits per heavy atom. The average molecular weight is 275 g/mol. The predicted molar refractivity (Wildman–Crippen MR) is 75.6 cm³/mol. The number of aromatic hydroxyl groups is 1. The summed E-state index contributed by atoms with van der Waals surface area (Å²) >= 11 is 6.24. The van der Waals surface area contributed by atoms with Gasteiger partial charge < -0.3 is 5.11 Å². The Kier molecular flexibility index (Phi) is 2.94. The summed E-state index contributed by atoms with van der Waals surface area (Å²) in [5.41, 5.74) is 4.73. The van der Waals surface area contributed by atoms with Crippen LogP contribution in [0.3, 0.4) is 0 Å². The molecule has 2 aromatic rings. The van der Waals surface area contributed by atoms with Crippen molar-refractivity contribution in [1.82, 2.24) is 9.97 Å². The summed E-state index contributed by atoms with van der Waals surface area (Å²) in [6.07, 6.45) is 3.05. The maximum atomic E-state index is 9.82. The molecule has 1 N–H and O–H groups in total. The molecular formula is C15H15ClN2O. The van der Waals surface area contributed by atoms with Crippen molar-refractivity contribution in [2.45, 2.75) is 33.1 Å². The number of phenolic OH excluding ortho intramolecular Hbond substituents is 1. The fraction of sp³-hybridized carbons (Fsp3) is 0.333. The second-order valence-electron chi connectivity index (χ2n) is 5.08. The number of rotatable bonds is 1. The van der Waals surface area contributed by atoms with Crippen molar-refractivity contribution >= 4 is 11.6 Å². The molecule has 0 amide bonds. The number of benzene rings is 1. The highest BCUT2D eigenvalue weighted by Gasteiger charge is 2.19. The normalized spacial score (nSPS) is 13.6. The summed E-state index contributed by atoms with van der Waals surface area (Å²) in [5.74, 6) is 0.979. The highest BCUT2D eigenvalue weighted by molar-refractivity contribution is 6.30. The molecule has 0 saturated heterocycles. The van der Waals surface area contributed by atoms with Crippen molar-refractivity contribution in [1.29, 1.82) is 0 Å². The van der Waals surface area contributed by atoms with Gasteiger partial charge in [-0.2, -0.15) is 0 Å². The van der Waals surface area contributed by atoms with Gasteiger partial charge in [-0.1, -0.05) is 11.6 Å². The average Bonchev–Trinajstić information content (AvgIpc) is 2.84. The smallest absolute Gasteiger partial charge is 0.161 e. The van der Waals surface area contributed by atoms with Crippen molar-refractivity contribution in [3.8, 4) is 17.1 Å². The van der Waals surface area contributed by atoms with Crippen LogP contribution < -0.4 is 0 Å². The zero-order chi connectivity index (χ0) is 13.6. The lowest BCUT2D eigenvalue weighted by Crippen LogP contribution is -1.98. The molecule has 0 atom stereocenters. The lowest BCUT2D eigenvalue weighted by atomic mass is 10.1. The molecule has 98 valence electrons. The molecule has 0 fully saturated rings. The van der Waals surface area contributed by atoms with E-state index in [2.05, 4.69) is 9.97 Å². The van der Waals surface area contributed by atoms with Gasteiger partial charge in [-0.15, -0.1) is 0 Å². The van der Waals surface area contributed by atoms with Gasteiger partial charge in [0.2, 0.25) is 0 Å². The first-order valence-corrected chi connectivity index (χ1v) is 6.80. The van der Waals surface area contributed by atoms with E-state index >= 15 is 0 Å². The quantitative estimate of drug-likeness (QED) is 0.808. The number of halogens is 1. The van der Waals surface area contributed by atoms with E-state index in [-0.39, 0.29) is 0 Å². The second kappa shape index (κ2) is 4.49. The van der Waals surface area contributed by atoms with Gasteiger partial charge in [-0.25, -0.2) is 9.97 Å². The SMILES string of the molecule is Cc1cc(-c2nc(Cl)c3c(n2)CCC3)cc(C)c1O. The third-order valence-electron chi connectivity index (χ3n) is 3.63. The molecule has 1 aromatic carbocycles. The van der Waals surface area contributed by atoms with E-state index in [1.165, 1.54) is 0 Å². The van der Waals surface area contributed by atoms with Crippen molar-refractivity contribution in [3.63, 3.8) is 0 Å². The van der Waals surface area contributed by atoms with E-state index in [1.54, 1.807) is 0 Å². The molecule has 4 heteroatoms. The van der Waals surface area contributed by atoms with Crippen molar-refractivity contribution in [3.05, 3.63) is 39.7 Å². The third-order valence-corrected chi connectivity index (χ3v) is 3.94. The topological polar surface area (TPSA) is 46.0 Å². The first kappa shape index (κ1) is 12.4. The minimum atomic E-state index is 0.330. The fourth-order valence-corrected chi connectivity index (χ4v) is 2.88. The Labute approximate surface area is 117 Å². The number of aromatic nitrogens is 2. The predicted octanol–water partition coefficient (Wildman–Crippen LogP) is 3.61. The Balaban J connectivity index is 2.15. The third kappa shape index (κ3) is 2.08. The Bertz CT molecular complexity index is 644. The molecular weight excluding hydrogens is 260 g/mol. The van der Waals surface area contributed by atoms with E-state index in [0.717, 1.165) is 47.2 Å². The van der Waals surface area contributed by atoms with Crippen LogP contribution in [-0.2, 0) is 12.8 Å². The minimum Gasteiger partial charge on any atom is -0.507 e. The van der Waals surface area contributed by atoms with Crippen molar-refractivity contribution in [2.24, 2.45) is 0 Å². The molecule has 0 radical (unpaired) electrons. The number of fused-ring (bicyclic) bond motifs is 1. The number of hydrogen-bond acceptors (Lipinski definition) is 3. The molecule has 3 nitrogen and oxygen atoms in total. The number of phenols is 1. The Hall–Kier alpha value is -1.61. The van der Waals surface area contributed by atoms with Gasteiger partial charge >= 0.3 is 0 Å². The summed E-state index contributed by atoms with van der Waals surface area (Å²) in [4.78, 5) is 9.02. The van der Waals surface area contributed by atoms with Crippen LogP contribution in [0, 0.1) is 13.8 Å². The van der Waals surface area contributed by atoms with Gasteiger partial charge in [0.1, 0.15) is 10.9 Å². The monoisotopic (exact) mass is 274 g/mol. The van der Waals surface area contributed by atoms with E-state index in [9.17, 15) is 5.11 Å². The summed E-state index contributed by atoms with van der Waals surface area (Å²) in [7, 11) is 0. The van der Waals surface area contributed by atoms with Crippen LogP contribution in [0.4, 0.5) is 0 Å². The first-order chi connectivity index (χ1) is 9.06. The molecule has 1 aromatic heterocycles. The van der Waals surface area contributed by atoms with E-state index in [1.807, 2.05) is 26.0 Å². The maximum Gasteiger partial charge on any atom is 0.161 e. The fourth-order valence-electron chi connectivity index (χ4n) is 2.60. The molecule has 1 aliphatic rings. The summed E-state index contributed by atoms with van der Waals surface area (Å²) < 4.78 is 0. The van der Waals surface area contributed by atoms with Crippen LogP contribution in [0.5, 0.6) is 5.75 Å². The van der Waals surface area contributed by atoms with Crippen LogP contribution >= 0.6 is 11.6 Å². The summed E-state index contributed by atoms with van der Waals surface area (Å²) in [6.45, 7) is 3.75. The largest absolute Gasteiger partial charge is 0.507 e. The van der Waals surface area contributed by atoms with Gasteiger partial charge in [0.15, 0.2) is 5.82 Å². The molecule has 1 aliphatic carbocycles. The molecule has 0 saturated carbocycles. The second-order valence-corrected chi connectivity index (χ2v) is 5.43.